The topological polar surface area (TPSA) is 70.6 Å². The molecule has 2 rings (SSSR count). The zero-order chi connectivity index (χ0) is 18.8. The lowest BCUT2D eigenvalue weighted by molar-refractivity contribution is 0.145. The van der Waals surface area contributed by atoms with Crippen molar-refractivity contribution in [2.45, 2.75) is 20.3 Å². The zero-order valence-corrected chi connectivity index (χ0v) is 17.1. The van der Waals surface area contributed by atoms with Crippen LogP contribution < -0.4 is 16.1 Å². The van der Waals surface area contributed by atoms with Crippen molar-refractivity contribution < 1.29 is 4.74 Å². The predicted molar refractivity (Wildman–Crippen MR) is 114 cm³/mol. The number of aryl methyl sites for hydroxylation is 1. The van der Waals surface area contributed by atoms with Gasteiger partial charge in [-0.1, -0.05) is 40.6 Å². The Labute approximate surface area is 168 Å². The van der Waals surface area contributed by atoms with E-state index in [1.54, 1.807) is 6.21 Å². The molecule has 1 heterocycles. The molecule has 0 aliphatic heterocycles. The predicted octanol–water partition coefficient (Wildman–Crippen LogP) is 4.07. The van der Waals surface area contributed by atoms with Crippen LogP contribution in [0.4, 0.5) is 10.8 Å². The molecule has 9 heteroatoms. The normalized spacial score (nSPS) is 10.9. The molecular formula is C17H22ClN5OS2. The Morgan fingerprint density at radius 3 is 2.88 bits per heavy atom. The Morgan fingerprint density at radius 1 is 1.38 bits per heavy atom. The van der Waals surface area contributed by atoms with E-state index in [0.717, 1.165) is 30.1 Å². The third kappa shape index (κ3) is 7.25. The number of hydrazone groups is 1. The van der Waals surface area contributed by atoms with E-state index < -0.39 is 0 Å². The van der Waals surface area contributed by atoms with Crippen molar-refractivity contribution in [3.8, 4) is 0 Å². The summed E-state index contributed by atoms with van der Waals surface area (Å²) in [5.41, 5.74) is 4.92. The molecule has 0 bridgehead atoms. The number of hydrogen-bond donors (Lipinski definition) is 3. The number of halogens is 1. The Morgan fingerprint density at radius 2 is 2.15 bits per heavy atom. The molecule has 26 heavy (non-hydrogen) atoms. The average Bonchev–Trinajstić information content (AvgIpc) is 2.96. The number of benzene rings is 1. The number of nitrogens with zero attached hydrogens (tertiary/aromatic N) is 2. The molecule has 2 aromatic rings. The number of ether oxygens (including phenoxy) is 1. The first kappa shape index (κ1) is 20.6. The highest BCUT2D eigenvalue weighted by atomic mass is 35.5. The van der Waals surface area contributed by atoms with E-state index in [4.69, 9.17) is 28.6 Å². The molecule has 0 fully saturated rings. The van der Waals surface area contributed by atoms with E-state index in [9.17, 15) is 0 Å². The molecule has 0 radical (unpaired) electrons. The molecule has 0 saturated carbocycles. The van der Waals surface area contributed by atoms with E-state index in [2.05, 4.69) is 26.1 Å². The smallest absolute Gasteiger partial charge is 0.189 e. The molecule has 6 nitrogen and oxygen atoms in total. The number of thiazole rings is 1. The van der Waals surface area contributed by atoms with Crippen LogP contribution in [0.1, 0.15) is 23.8 Å². The lowest BCUT2D eigenvalue weighted by atomic mass is 10.2. The highest BCUT2D eigenvalue weighted by Crippen LogP contribution is 2.27. The van der Waals surface area contributed by atoms with Crippen molar-refractivity contribution in [1.82, 2.24) is 15.7 Å². The summed E-state index contributed by atoms with van der Waals surface area (Å²) in [5, 5.41) is 11.9. The molecule has 0 amide bonds. The summed E-state index contributed by atoms with van der Waals surface area (Å²) in [4.78, 5) is 5.04. The van der Waals surface area contributed by atoms with E-state index in [1.807, 2.05) is 38.1 Å². The number of thiocarbonyl (C=S) groups is 1. The summed E-state index contributed by atoms with van der Waals surface area (Å²) < 4.78 is 5.26. The zero-order valence-electron chi connectivity index (χ0n) is 14.7. The first-order chi connectivity index (χ1) is 12.6. The quantitative estimate of drug-likeness (QED) is 0.250. The van der Waals surface area contributed by atoms with E-state index in [-0.39, 0.29) is 0 Å². The molecule has 140 valence electrons. The minimum Gasteiger partial charge on any atom is -0.382 e. The molecule has 1 aromatic carbocycles. The number of aromatic nitrogens is 1. The van der Waals surface area contributed by atoms with Crippen LogP contribution in [0, 0.1) is 6.92 Å². The molecule has 0 atom stereocenters. The Balaban J connectivity index is 1.80. The standard InChI is InChI=1S/C17H22ClN5OS2/c1-3-24-10-4-9-19-16(25)23-20-11-14-15(18)22-17(26-14)21-13-7-5-12(2)6-8-13/h5-8,11H,3-4,9-10H2,1-2H3,(H,21,22)(H2,19,23,25)/b20-11+. The number of nitrogens with one attached hydrogen (secondary N) is 3. The third-order valence-electron chi connectivity index (χ3n) is 3.22. The highest BCUT2D eigenvalue weighted by Gasteiger charge is 2.07. The van der Waals surface area contributed by atoms with Gasteiger partial charge >= 0.3 is 0 Å². The van der Waals surface area contributed by atoms with Crippen LogP contribution in [0.15, 0.2) is 29.4 Å². The van der Waals surface area contributed by atoms with Gasteiger partial charge in [0.05, 0.1) is 11.1 Å². The number of rotatable bonds is 9. The summed E-state index contributed by atoms with van der Waals surface area (Å²) in [7, 11) is 0. The van der Waals surface area contributed by atoms with Crippen LogP contribution in [-0.2, 0) is 4.74 Å². The van der Waals surface area contributed by atoms with Gasteiger partial charge in [-0.2, -0.15) is 5.10 Å². The SMILES string of the molecule is CCOCCCNC(=S)N/N=C/c1sc(Nc2ccc(C)cc2)nc1Cl. The summed E-state index contributed by atoms with van der Waals surface area (Å²) in [6, 6.07) is 8.06. The van der Waals surface area contributed by atoms with Crippen LogP contribution in [0.2, 0.25) is 5.15 Å². The molecule has 0 aliphatic rings. The van der Waals surface area contributed by atoms with Gasteiger partial charge in [-0.3, -0.25) is 5.43 Å². The molecular weight excluding hydrogens is 390 g/mol. The first-order valence-electron chi connectivity index (χ1n) is 8.23. The lowest BCUT2D eigenvalue weighted by Crippen LogP contribution is -2.33. The second-order valence-electron chi connectivity index (χ2n) is 5.34. The van der Waals surface area contributed by atoms with Crippen LogP contribution in [0.25, 0.3) is 0 Å². The fourth-order valence-corrected chi connectivity index (χ4v) is 3.12. The minimum absolute atomic E-state index is 0.394. The first-order valence-corrected chi connectivity index (χ1v) is 9.83. The molecule has 0 spiro atoms. The van der Waals surface area contributed by atoms with E-state index in [1.165, 1.54) is 16.9 Å². The van der Waals surface area contributed by atoms with Gasteiger partial charge in [-0.25, -0.2) is 4.98 Å². The maximum Gasteiger partial charge on any atom is 0.189 e. The summed E-state index contributed by atoms with van der Waals surface area (Å²) >= 11 is 12.7. The van der Waals surface area contributed by atoms with Crippen LogP contribution in [-0.4, -0.2) is 36.1 Å². The maximum atomic E-state index is 6.16. The molecule has 0 saturated heterocycles. The van der Waals surface area contributed by atoms with Crippen molar-refractivity contribution in [2.24, 2.45) is 5.10 Å². The van der Waals surface area contributed by atoms with Gasteiger partial charge in [-0.05, 0) is 44.6 Å². The van der Waals surface area contributed by atoms with Crippen molar-refractivity contribution in [3.05, 3.63) is 39.9 Å². The second-order valence-corrected chi connectivity index (χ2v) is 7.14. The third-order valence-corrected chi connectivity index (χ3v) is 4.76. The monoisotopic (exact) mass is 411 g/mol. The Kier molecular flexibility index (Phi) is 8.76. The fourth-order valence-electron chi connectivity index (χ4n) is 1.92. The molecule has 0 aliphatic carbocycles. The number of anilines is 2. The van der Waals surface area contributed by atoms with Crippen LogP contribution >= 0.6 is 35.2 Å². The molecule has 0 unspecified atom stereocenters. The van der Waals surface area contributed by atoms with Crippen LogP contribution in [0.5, 0.6) is 0 Å². The van der Waals surface area contributed by atoms with Gasteiger partial charge in [0.1, 0.15) is 0 Å². The fraction of sp³-hybridized carbons (Fsp3) is 0.353. The lowest BCUT2D eigenvalue weighted by Gasteiger charge is -2.06. The molecule has 3 N–H and O–H groups in total. The minimum atomic E-state index is 0.394. The van der Waals surface area contributed by atoms with Gasteiger partial charge in [0.15, 0.2) is 15.4 Å². The largest absolute Gasteiger partial charge is 0.382 e. The Hall–Kier alpha value is -1.74. The summed E-state index contributed by atoms with van der Waals surface area (Å²) in [5.74, 6) is 0. The number of hydrogen-bond acceptors (Lipinski definition) is 6. The summed E-state index contributed by atoms with van der Waals surface area (Å²) in [6.45, 7) is 6.18. The van der Waals surface area contributed by atoms with Gasteiger partial charge in [0, 0.05) is 25.4 Å². The van der Waals surface area contributed by atoms with Gasteiger partial charge < -0.3 is 15.4 Å². The summed E-state index contributed by atoms with van der Waals surface area (Å²) in [6.07, 6.45) is 2.49. The van der Waals surface area contributed by atoms with Gasteiger partial charge in [0.25, 0.3) is 0 Å². The Bertz CT molecular complexity index is 733. The van der Waals surface area contributed by atoms with Gasteiger partial charge in [-0.15, -0.1) is 0 Å². The molecule has 1 aromatic heterocycles. The van der Waals surface area contributed by atoms with Crippen molar-refractivity contribution in [1.29, 1.82) is 0 Å². The van der Waals surface area contributed by atoms with Crippen molar-refractivity contribution >= 4 is 57.3 Å². The second kappa shape index (κ2) is 11.1. The van der Waals surface area contributed by atoms with Crippen LogP contribution in [0.3, 0.4) is 0 Å². The van der Waals surface area contributed by atoms with Gasteiger partial charge in [0.2, 0.25) is 0 Å². The van der Waals surface area contributed by atoms with Crippen molar-refractivity contribution in [3.63, 3.8) is 0 Å². The highest BCUT2D eigenvalue weighted by molar-refractivity contribution is 7.80. The van der Waals surface area contributed by atoms with E-state index >= 15 is 0 Å². The van der Waals surface area contributed by atoms with E-state index in [0.29, 0.717) is 22.0 Å². The van der Waals surface area contributed by atoms with Crippen molar-refractivity contribution in [2.75, 3.05) is 25.1 Å². The maximum absolute atomic E-state index is 6.16. The average molecular weight is 412 g/mol.